The summed E-state index contributed by atoms with van der Waals surface area (Å²) >= 11 is 0. The smallest absolute Gasteiger partial charge is 0.433 e. The Kier molecular flexibility index (Phi) is 9.34. The molecule has 1 fully saturated rings. The van der Waals surface area contributed by atoms with Crippen molar-refractivity contribution < 1.29 is 27.8 Å². The molecule has 2 heterocycles. The molecule has 1 saturated heterocycles. The van der Waals surface area contributed by atoms with Crippen molar-refractivity contribution in [3.05, 3.63) is 17.8 Å². The summed E-state index contributed by atoms with van der Waals surface area (Å²) in [5, 5.41) is 10.3. The molecule has 154 valence electrons. The lowest BCUT2D eigenvalue weighted by atomic mass is 10.1. The first-order chi connectivity index (χ1) is 12.7. The van der Waals surface area contributed by atoms with Gasteiger partial charge in [-0.3, -0.25) is 4.79 Å². The van der Waals surface area contributed by atoms with Crippen LogP contribution in [0.15, 0.2) is 12.1 Å². The number of aromatic nitrogens is 1. The number of pyridine rings is 1. The number of rotatable bonds is 6. The summed E-state index contributed by atoms with van der Waals surface area (Å²) in [7, 11) is 1.69. The fraction of sp³-hybridized carbons (Fsp3) is 0.667. The molecule has 1 aliphatic heterocycles. The third-order valence-corrected chi connectivity index (χ3v) is 4.03. The molecule has 9 heteroatoms. The molecule has 2 rings (SSSR count). The molecule has 0 aliphatic carbocycles. The largest absolute Gasteiger partial charge is 0.481 e. The van der Waals surface area contributed by atoms with E-state index in [1.807, 2.05) is 4.90 Å². The SMILES string of the molecule is CC(=O)O.CCCCOC1CCN(c2nc(C(F)(F)F)ccc2NC)CC1. The van der Waals surface area contributed by atoms with Crippen molar-refractivity contribution in [2.75, 3.05) is 37.0 Å². The Morgan fingerprint density at radius 3 is 2.44 bits per heavy atom. The number of nitrogens with one attached hydrogen (secondary N) is 1. The Hall–Kier alpha value is -2.03. The Morgan fingerprint density at radius 1 is 1.37 bits per heavy atom. The van der Waals surface area contributed by atoms with Crippen LogP contribution < -0.4 is 10.2 Å². The molecule has 0 bridgehead atoms. The second-order valence-corrected chi connectivity index (χ2v) is 6.25. The van der Waals surface area contributed by atoms with Gasteiger partial charge in [0.15, 0.2) is 5.82 Å². The number of hydrogen-bond donors (Lipinski definition) is 2. The first-order valence-electron chi connectivity index (χ1n) is 9.01. The maximum absolute atomic E-state index is 12.9. The van der Waals surface area contributed by atoms with Gasteiger partial charge in [0.1, 0.15) is 5.69 Å². The van der Waals surface area contributed by atoms with Crippen molar-refractivity contribution in [3.8, 4) is 0 Å². The lowest BCUT2D eigenvalue weighted by Gasteiger charge is -2.34. The summed E-state index contributed by atoms with van der Waals surface area (Å²) in [6.07, 6.45) is -0.475. The van der Waals surface area contributed by atoms with Crippen LogP contribution in [0.3, 0.4) is 0 Å². The van der Waals surface area contributed by atoms with E-state index in [1.165, 1.54) is 6.07 Å². The molecule has 1 aromatic rings. The normalized spacial score (nSPS) is 15.1. The standard InChI is InChI=1S/C16H24F3N3O.C2H4O2/c1-3-4-11-23-12-7-9-22(10-8-12)15-13(20-2)5-6-14(21-15)16(17,18)19;1-2(3)4/h5-6,12,20H,3-4,7-11H2,1-2H3;1H3,(H,3,4). The summed E-state index contributed by atoms with van der Waals surface area (Å²) in [5.74, 6) is -0.464. The number of halogens is 3. The molecule has 0 amide bonds. The zero-order valence-electron chi connectivity index (χ0n) is 16.0. The zero-order chi connectivity index (χ0) is 20.4. The minimum Gasteiger partial charge on any atom is -0.481 e. The van der Waals surface area contributed by atoms with Crippen molar-refractivity contribution in [3.63, 3.8) is 0 Å². The van der Waals surface area contributed by atoms with Gasteiger partial charge in [-0.25, -0.2) is 4.98 Å². The van der Waals surface area contributed by atoms with Crippen molar-refractivity contribution in [2.24, 2.45) is 0 Å². The van der Waals surface area contributed by atoms with E-state index in [2.05, 4.69) is 17.2 Å². The van der Waals surface area contributed by atoms with Gasteiger partial charge in [0.05, 0.1) is 11.8 Å². The molecule has 0 spiro atoms. The minimum absolute atomic E-state index is 0.196. The van der Waals surface area contributed by atoms with Gasteiger partial charge >= 0.3 is 6.18 Å². The molecule has 0 unspecified atom stereocenters. The van der Waals surface area contributed by atoms with Crippen LogP contribution in [0.2, 0.25) is 0 Å². The maximum atomic E-state index is 12.9. The Balaban J connectivity index is 0.000000828. The lowest BCUT2D eigenvalue weighted by Crippen LogP contribution is -2.38. The van der Waals surface area contributed by atoms with E-state index in [0.29, 0.717) is 24.6 Å². The number of aliphatic carboxylic acids is 1. The summed E-state index contributed by atoms with van der Waals surface area (Å²) in [6, 6.07) is 2.45. The van der Waals surface area contributed by atoms with Gasteiger partial charge in [0.2, 0.25) is 0 Å². The second kappa shape index (κ2) is 11.0. The van der Waals surface area contributed by atoms with Crippen LogP contribution in [-0.2, 0) is 15.7 Å². The quantitative estimate of drug-likeness (QED) is 0.714. The van der Waals surface area contributed by atoms with Gasteiger partial charge in [-0.15, -0.1) is 0 Å². The van der Waals surface area contributed by atoms with E-state index in [1.54, 1.807) is 7.05 Å². The molecular formula is C18H28F3N3O3. The highest BCUT2D eigenvalue weighted by atomic mass is 19.4. The van der Waals surface area contributed by atoms with Crippen LogP contribution in [0, 0.1) is 0 Å². The monoisotopic (exact) mass is 391 g/mol. The number of carboxylic acids is 1. The van der Waals surface area contributed by atoms with E-state index in [-0.39, 0.29) is 6.10 Å². The Labute approximate surface area is 157 Å². The number of nitrogens with zero attached hydrogens (tertiary/aromatic N) is 2. The van der Waals surface area contributed by atoms with Crippen LogP contribution >= 0.6 is 0 Å². The third-order valence-electron chi connectivity index (χ3n) is 4.03. The number of unbranched alkanes of at least 4 members (excludes halogenated alkanes) is 1. The van der Waals surface area contributed by atoms with Gasteiger partial charge in [0, 0.05) is 33.7 Å². The van der Waals surface area contributed by atoms with Gasteiger partial charge in [0.25, 0.3) is 5.97 Å². The highest BCUT2D eigenvalue weighted by molar-refractivity contribution is 5.66. The van der Waals surface area contributed by atoms with Crippen LogP contribution in [0.5, 0.6) is 0 Å². The van der Waals surface area contributed by atoms with Gasteiger partial charge in [-0.2, -0.15) is 13.2 Å². The summed E-state index contributed by atoms with van der Waals surface area (Å²) in [5.41, 5.74) is -0.240. The van der Waals surface area contributed by atoms with Crippen molar-refractivity contribution in [1.29, 1.82) is 0 Å². The molecule has 2 N–H and O–H groups in total. The Morgan fingerprint density at radius 2 is 1.96 bits per heavy atom. The van der Waals surface area contributed by atoms with Crippen LogP contribution in [-0.4, -0.2) is 48.9 Å². The third kappa shape index (κ3) is 8.03. The van der Waals surface area contributed by atoms with E-state index in [9.17, 15) is 13.2 Å². The molecule has 6 nitrogen and oxygen atoms in total. The van der Waals surface area contributed by atoms with Gasteiger partial charge in [-0.1, -0.05) is 13.3 Å². The highest BCUT2D eigenvalue weighted by Crippen LogP contribution is 2.33. The summed E-state index contributed by atoms with van der Waals surface area (Å²) < 4.78 is 44.5. The second-order valence-electron chi connectivity index (χ2n) is 6.25. The first-order valence-corrected chi connectivity index (χ1v) is 9.01. The van der Waals surface area contributed by atoms with Crippen LogP contribution in [0.25, 0.3) is 0 Å². The Bertz CT molecular complexity index is 585. The lowest BCUT2D eigenvalue weighted by molar-refractivity contribution is -0.141. The number of anilines is 2. The summed E-state index contributed by atoms with van der Waals surface area (Å²) in [6.45, 7) is 5.26. The average Bonchev–Trinajstić information content (AvgIpc) is 2.61. The number of piperidine rings is 1. The molecule has 1 aromatic heterocycles. The fourth-order valence-electron chi connectivity index (χ4n) is 2.67. The maximum Gasteiger partial charge on any atom is 0.433 e. The summed E-state index contributed by atoms with van der Waals surface area (Å²) in [4.78, 5) is 14.7. The van der Waals surface area contributed by atoms with E-state index in [4.69, 9.17) is 14.6 Å². The number of alkyl halides is 3. The number of carbonyl (C=O) groups is 1. The highest BCUT2D eigenvalue weighted by Gasteiger charge is 2.34. The van der Waals surface area contributed by atoms with E-state index in [0.717, 1.165) is 45.3 Å². The first kappa shape index (κ1) is 23.0. The van der Waals surface area contributed by atoms with Crippen molar-refractivity contribution in [1.82, 2.24) is 4.98 Å². The predicted molar refractivity (Wildman–Crippen MR) is 98.2 cm³/mol. The van der Waals surface area contributed by atoms with Crippen LogP contribution in [0.1, 0.15) is 45.2 Å². The molecule has 27 heavy (non-hydrogen) atoms. The van der Waals surface area contributed by atoms with Gasteiger partial charge in [-0.05, 0) is 31.4 Å². The van der Waals surface area contributed by atoms with Crippen molar-refractivity contribution in [2.45, 2.75) is 51.8 Å². The van der Waals surface area contributed by atoms with Gasteiger partial charge < -0.3 is 20.1 Å². The van der Waals surface area contributed by atoms with E-state index < -0.39 is 17.8 Å². The number of hydrogen-bond acceptors (Lipinski definition) is 5. The zero-order valence-corrected chi connectivity index (χ0v) is 16.0. The molecule has 0 aromatic carbocycles. The predicted octanol–water partition coefficient (Wildman–Crippen LogP) is 4.02. The minimum atomic E-state index is -4.43. The molecule has 0 saturated carbocycles. The molecular weight excluding hydrogens is 363 g/mol. The topological polar surface area (TPSA) is 74.7 Å². The van der Waals surface area contributed by atoms with E-state index >= 15 is 0 Å². The van der Waals surface area contributed by atoms with Crippen molar-refractivity contribution >= 4 is 17.5 Å². The van der Waals surface area contributed by atoms with Crippen LogP contribution in [0.4, 0.5) is 24.7 Å². The molecule has 0 atom stereocenters. The molecule has 0 radical (unpaired) electrons. The number of ether oxygens (including phenoxy) is 1. The fourth-order valence-corrected chi connectivity index (χ4v) is 2.67. The average molecular weight is 391 g/mol. The number of carboxylic acid groups (broad SMARTS) is 1. The molecule has 1 aliphatic rings.